The molecule has 0 bridgehead atoms. The molecule has 23 heavy (non-hydrogen) atoms. The lowest BCUT2D eigenvalue weighted by Crippen LogP contribution is -2.52. The third-order valence-corrected chi connectivity index (χ3v) is 4.29. The van der Waals surface area contributed by atoms with Crippen molar-refractivity contribution in [1.82, 2.24) is 10.6 Å². The molecule has 0 spiro atoms. The number of hydrogen-bond donors (Lipinski definition) is 2. The van der Waals surface area contributed by atoms with Crippen LogP contribution in [0.4, 0.5) is 4.79 Å². The van der Waals surface area contributed by atoms with Crippen LogP contribution in [0.2, 0.25) is 0 Å². The minimum atomic E-state index is -0.562. The maximum Gasteiger partial charge on any atom is 0.408 e. The van der Waals surface area contributed by atoms with Crippen LogP contribution in [0.15, 0.2) is 0 Å². The molecule has 1 saturated carbocycles. The number of ether oxygens (including phenoxy) is 1. The molecule has 134 valence electrons. The molecule has 1 rings (SSSR count). The van der Waals surface area contributed by atoms with E-state index in [9.17, 15) is 9.59 Å². The number of amides is 2. The SMILES string of the molecule is CCCC[C@H](NC(=O)OC(C)(C)C)C(=O)N[C@H]1CCCC[C@H]1C. The van der Waals surface area contributed by atoms with Crippen molar-refractivity contribution in [3.63, 3.8) is 0 Å². The summed E-state index contributed by atoms with van der Waals surface area (Å²) in [6, 6.07) is -0.292. The highest BCUT2D eigenvalue weighted by atomic mass is 16.6. The summed E-state index contributed by atoms with van der Waals surface area (Å²) in [5, 5.41) is 5.88. The Labute approximate surface area is 140 Å². The number of rotatable bonds is 6. The second kappa shape index (κ2) is 9.14. The van der Waals surface area contributed by atoms with Crippen LogP contribution in [-0.2, 0) is 9.53 Å². The Bertz CT molecular complexity index is 390. The van der Waals surface area contributed by atoms with Gasteiger partial charge in [-0.15, -0.1) is 0 Å². The van der Waals surface area contributed by atoms with Gasteiger partial charge in [-0.3, -0.25) is 4.79 Å². The lowest BCUT2D eigenvalue weighted by molar-refractivity contribution is -0.124. The molecule has 5 heteroatoms. The summed E-state index contributed by atoms with van der Waals surface area (Å²) in [6.45, 7) is 9.71. The quantitative estimate of drug-likeness (QED) is 0.781. The molecule has 0 saturated heterocycles. The molecule has 2 amide bonds. The van der Waals surface area contributed by atoms with Crippen LogP contribution in [-0.4, -0.2) is 29.7 Å². The smallest absolute Gasteiger partial charge is 0.408 e. The summed E-state index contributed by atoms with van der Waals surface area (Å²) < 4.78 is 5.28. The predicted octanol–water partition coefficient (Wildman–Crippen LogP) is 3.76. The van der Waals surface area contributed by atoms with E-state index in [0.29, 0.717) is 12.3 Å². The highest BCUT2D eigenvalue weighted by Gasteiger charge is 2.28. The van der Waals surface area contributed by atoms with Crippen LogP contribution in [0, 0.1) is 5.92 Å². The van der Waals surface area contributed by atoms with E-state index < -0.39 is 17.7 Å². The van der Waals surface area contributed by atoms with Crippen molar-refractivity contribution < 1.29 is 14.3 Å². The lowest BCUT2D eigenvalue weighted by atomic mass is 9.86. The van der Waals surface area contributed by atoms with E-state index in [1.165, 1.54) is 6.42 Å². The number of unbranched alkanes of at least 4 members (excludes halogenated alkanes) is 1. The van der Waals surface area contributed by atoms with Crippen LogP contribution in [0.25, 0.3) is 0 Å². The molecule has 1 aliphatic carbocycles. The van der Waals surface area contributed by atoms with Gasteiger partial charge in [0.1, 0.15) is 11.6 Å². The monoisotopic (exact) mass is 326 g/mol. The second-order valence-corrected chi connectivity index (χ2v) is 7.72. The highest BCUT2D eigenvalue weighted by molar-refractivity contribution is 5.85. The first-order chi connectivity index (χ1) is 10.7. The molecule has 0 aromatic heterocycles. The maximum atomic E-state index is 12.6. The minimum Gasteiger partial charge on any atom is -0.444 e. The van der Waals surface area contributed by atoms with E-state index in [1.54, 1.807) is 0 Å². The Kier molecular flexibility index (Phi) is 7.86. The zero-order valence-electron chi connectivity index (χ0n) is 15.4. The summed E-state index contributed by atoms with van der Waals surface area (Å²) in [5.41, 5.74) is -0.562. The molecule has 0 radical (unpaired) electrons. The molecular formula is C18H34N2O3. The van der Waals surface area contributed by atoms with Crippen LogP contribution in [0.5, 0.6) is 0 Å². The highest BCUT2D eigenvalue weighted by Crippen LogP contribution is 2.23. The number of nitrogens with one attached hydrogen (secondary N) is 2. The molecule has 1 fully saturated rings. The van der Waals surface area contributed by atoms with E-state index in [0.717, 1.165) is 32.1 Å². The summed E-state index contributed by atoms with van der Waals surface area (Å²) in [6.07, 6.45) is 6.59. The Hall–Kier alpha value is -1.26. The maximum absolute atomic E-state index is 12.6. The molecule has 0 aromatic carbocycles. The zero-order valence-corrected chi connectivity index (χ0v) is 15.4. The first kappa shape index (κ1) is 19.8. The molecule has 0 aromatic rings. The van der Waals surface area contributed by atoms with Gasteiger partial charge in [-0.1, -0.05) is 39.5 Å². The molecule has 0 aliphatic heterocycles. The Morgan fingerprint density at radius 3 is 2.43 bits per heavy atom. The van der Waals surface area contributed by atoms with Crippen molar-refractivity contribution >= 4 is 12.0 Å². The first-order valence-corrected chi connectivity index (χ1v) is 9.03. The first-order valence-electron chi connectivity index (χ1n) is 9.03. The molecule has 3 atom stereocenters. The second-order valence-electron chi connectivity index (χ2n) is 7.72. The Morgan fingerprint density at radius 2 is 1.87 bits per heavy atom. The lowest BCUT2D eigenvalue weighted by Gasteiger charge is -2.31. The van der Waals surface area contributed by atoms with Crippen LogP contribution < -0.4 is 10.6 Å². The third kappa shape index (κ3) is 7.71. The number of carbonyl (C=O) groups is 2. The predicted molar refractivity (Wildman–Crippen MR) is 92.2 cm³/mol. The fourth-order valence-corrected chi connectivity index (χ4v) is 2.94. The van der Waals surface area contributed by atoms with E-state index in [4.69, 9.17) is 4.74 Å². The molecule has 0 heterocycles. The Morgan fingerprint density at radius 1 is 1.22 bits per heavy atom. The summed E-state index contributed by atoms with van der Waals surface area (Å²) in [4.78, 5) is 24.6. The minimum absolute atomic E-state index is 0.0805. The van der Waals surface area contributed by atoms with Gasteiger partial charge in [0.2, 0.25) is 5.91 Å². The number of hydrogen-bond acceptors (Lipinski definition) is 3. The van der Waals surface area contributed by atoms with E-state index in [1.807, 2.05) is 20.8 Å². The van der Waals surface area contributed by atoms with Crippen molar-refractivity contribution in [3.8, 4) is 0 Å². The van der Waals surface area contributed by atoms with Gasteiger partial charge >= 0.3 is 6.09 Å². The third-order valence-electron chi connectivity index (χ3n) is 4.29. The molecule has 5 nitrogen and oxygen atoms in total. The van der Waals surface area contributed by atoms with Gasteiger partial charge in [0.05, 0.1) is 0 Å². The van der Waals surface area contributed by atoms with Gasteiger partial charge in [-0.05, 0) is 46.0 Å². The van der Waals surface area contributed by atoms with Crippen LogP contribution in [0.3, 0.4) is 0 Å². The van der Waals surface area contributed by atoms with Gasteiger partial charge in [0.25, 0.3) is 0 Å². The molecule has 1 aliphatic rings. The van der Waals surface area contributed by atoms with Crippen molar-refractivity contribution in [3.05, 3.63) is 0 Å². The standard InChI is InChI=1S/C18H34N2O3/c1-6-7-11-15(20-17(22)23-18(3,4)5)16(21)19-14-12-9-8-10-13(14)2/h13-15H,6-12H2,1-5H3,(H,19,21)(H,20,22)/t13-,14+,15+/m1/s1. The van der Waals surface area contributed by atoms with Gasteiger partial charge in [-0.2, -0.15) is 0 Å². The normalized spacial score (nSPS) is 23.0. The zero-order chi connectivity index (χ0) is 17.5. The van der Waals surface area contributed by atoms with Crippen molar-refractivity contribution in [2.45, 2.75) is 97.2 Å². The van der Waals surface area contributed by atoms with Crippen LogP contribution in [0.1, 0.15) is 79.6 Å². The summed E-state index contributed by atoms with van der Waals surface area (Å²) in [5.74, 6) is 0.420. The fraction of sp³-hybridized carbons (Fsp3) is 0.889. The van der Waals surface area contributed by atoms with Crippen molar-refractivity contribution in [2.24, 2.45) is 5.92 Å². The largest absolute Gasteiger partial charge is 0.444 e. The fourth-order valence-electron chi connectivity index (χ4n) is 2.94. The van der Waals surface area contributed by atoms with Crippen molar-refractivity contribution in [2.75, 3.05) is 0 Å². The van der Waals surface area contributed by atoms with Gasteiger partial charge in [-0.25, -0.2) is 4.79 Å². The van der Waals surface area contributed by atoms with E-state index in [2.05, 4.69) is 24.5 Å². The van der Waals surface area contributed by atoms with Crippen LogP contribution >= 0.6 is 0 Å². The molecule has 2 N–H and O–H groups in total. The average molecular weight is 326 g/mol. The average Bonchev–Trinajstić information content (AvgIpc) is 2.43. The Balaban J connectivity index is 2.60. The van der Waals surface area contributed by atoms with E-state index >= 15 is 0 Å². The van der Waals surface area contributed by atoms with E-state index in [-0.39, 0.29) is 11.9 Å². The number of alkyl carbamates (subject to hydrolysis) is 1. The molecular weight excluding hydrogens is 292 g/mol. The van der Waals surface area contributed by atoms with Gasteiger partial charge < -0.3 is 15.4 Å². The summed E-state index contributed by atoms with van der Waals surface area (Å²) >= 11 is 0. The molecule has 0 unspecified atom stereocenters. The number of carbonyl (C=O) groups excluding carboxylic acids is 2. The van der Waals surface area contributed by atoms with Gasteiger partial charge in [0, 0.05) is 6.04 Å². The van der Waals surface area contributed by atoms with Crippen molar-refractivity contribution in [1.29, 1.82) is 0 Å². The topological polar surface area (TPSA) is 67.4 Å². The van der Waals surface area contributed by atoms with Gasteiger partial charge in [0.15, 0.2) is 0 Å². The summed E-state index contributed by atoms with van der Waals surface area (Å²) in [7, 11) is 0.